The van der Waals surface area contributed by atoms with E-state index in [0.717, 1.165) is 0 Å². The predicted molar refractivity (Wildman–Crippen MR) is 56.6 cm³/mol. The van der Waals surface area contributed by atoms with Crippen LogP contribution in [0, 0.1) is 11.6 Å². The van der Waals surface area contributed by atoms with Crippen LogP contribution in [-0.2, 0) is 6.61 Å². The fourth-order valence-corrected chi connectivity index (χ4v) is 1.27. The van der Waals surface area contributed by atoms with Crippen molar-refractivity contribution in [1.29, 1.82) is 0 Å². The van der Waals surface area contributed by atoms with Gasteiger partial charge in [-0.05, 0) is 30.3 Å². The molecule has 1 aromatic heterocycles. The average Bonchev–Trinajstić information content (AvgIpc) is 2.35. The standard InChI is InChI=1S/C12H9F2NO2/c13-9-1-3-10(4-2-9)17-12-11(14)8(7-16)5-6-15-12/h1-6,16H,7H2. The molecule has 0 aliphatic rings. The van der Waals surface area contributed by atoms with Crippen molar-refractivity contribution in [2.24, 2.45) is 0 Å². The van der Waals surface area contributed by atoms with Crippen molar-refractivity contribution in [3.8, 4) is 11.6 Å². The van der Waals surface area contributed by atoms with Gasteiger partial charge in [0.1, 0.15) is 11.6 Å². The lowest BCUT2D eigenvalue weighted by molar-refractivity contribution is 0.273. The van der Waals surface area contributed by atoms with Gasteiger partial charge in [-0.15, -0.1) is 0 Å². The number of halogens is 2. The van der Waals surface area contributed by atoms with Gasteiger partial charge < -0.3 is 9.84 Å². The molecule has 3 nitrogen and oxygen atoms in total. The molecule has 2 aromatic rings. The van der Waals surface area contributed by atoms with E-state index < -0.39 is 18.2 Å². The van der Waals surface area contributed by atoms with Crippen molar-refractivity contribution >= 4 is 0 Å². The van der Waals surface area contributed by atoms with E-state index >= 15 is 0 Å². The molecule has 0 radical (unpaired) electrons. The number of aromatic nitrogens is 1. The maximum atomic E-state index is 13.6. The van der Waals surface area contributed by atoms with Gasteiger partial charge in [0.2, 0.25) is 0 Å². The van der Waals surface area contributed by atoms with Crippen molar-refractivity contribution in [2.75, 3.05) is 0 Å². The molecule has 0 saturated heterocycles. The molecule has 0 spiro atoms. The lowest BCUT2D eigenvalue weighted by atomic mass is 10.2. The van der Waals surface area contributed by atoms with Gasteiger partial charge in [-0.3, -0.25) is 0 Å². The molecule has 0 bridgehead atoms. The zero-order chi connectivity index (χ0) is 12.3. The normalized spacial score (nSPS) is 10.3. The molecule has 0 fully saturated rings. The summed E-state index contributed by atoms with van der Waals surface area (Å²) in [5.41, 5.74) is 0.0945. The second-order valence-electron chi connectivity index (χ2n) is 3.30. The van der Waals surface area contributed by atoms with Crippen LogP contribution in [0.15, 0.2) is 36.5 Å². The fourth-order valence-electron chi connectivity index (χ4n) is 1.27. The number of benzene rings is 1. The van der Waals surface area contributed by atoms with E-state index in [9.17, 15) is 8.78 Å². The highest BCUT2D eigenvalue weighted by Crippen LogP contribution is 2.24. The van der Waals surface area contributed by atoms with Gasteiger partial charge in [0, 0.05) is 11.8 Å². The van der Waals surface area contributed by atoms with Crippen LogP contribution in [0.4, 0.5) is 8.78 Å². The molecule has 0 amide bonds. The Hall–Kier alpha value is -2.01. The predicted octanol–water partition coefficient (Wildman–Crippen LogP) is 2.64. The largest absolute Gasteiger partial charge is 0.436 e. The molecule has 0 aliphatic heterocycles. The molecule has 0 atom stereocenters. The Kier molecular flexibility index (Phi) is 3.30. The molecule has 88 valence electrons. The second-order valence-corrected chi connectivity index (χ2v) is 3.30. The van der Waals surface area contributed by atoms with Crippen LogP contribution >= 0.6 is 0 Å². The molecule has 1 N–H and O–H groups in total. The SMILES string of the molecule is OCc1ccnc(Oc2ccc(F)cc2)c1F. The Labute approximate surface area is 96.3 Å². The van der Waals surface area contributed by atoms with Gasteiger partial charge in [0.15, 0.2) is 5.82 Å². The summed E-state index contributed by atoms with van der Waals surface area (Å²) in [5.74, 6) is -1.11. The summed E-state index contributed by atoms with van der Waals surface area (Å²) in [6.07, 6.45) is 1.33. The minimum Gasteiger partial charge on any atom is -0.436 e. The van der Waals surface area contributed by atoms with Gasteiger partial charge in [0.25, 0.3) is 5.88 Å². The number of aliphatic hydroxyl groups excluding tert-OH is 1. The van der Waals surface area contributed by atoms with E-state index in [1.807, 2.05) is 0 Å². The number of hydrogen-bond donors (Lipinski definition) is 1. The van der Waals surface area contributed by atoms with Gasteiger partial charge in [-0.1, -0.05) is 0 Å². The number of hydrogen-bond acceptors (Lipinski definition) is 3. The third-order valence-electron chi connectivity index (χ3n) is 2.14. The smallest absolute Gasteiger partial charge is 0.256 e. The molecule has 2 rings (SSSR count). The molecule has 5 heteroatoms. The Morgan fingerprint density at radius 3 is 2.47 bits per heavy atom. The van der Waals surface area contributed by atoms with E-state index in [1.54, 1.807) is 0 Å². The number of ether oxygens (including phenoxy) is 1. The minimum absolute atomic E-state index is 0.0945. The Balaban J connectivity index is 2.27. The summed E-state index contributed by atoms with van der Waals surface area (Å²) in [5, 5.41) is 8.87. The molecular formula is C12H9F2NO2. The van der Waals surface area contributed by atoms with Crippen LogP contribution in [0.3, 0.4) is 0 Å². The highest BCUT2D eigenvalue weighted by atomic mass is 19.1. The lowest BCUT2D eigenvalue weighted by Crippen LogP contribution is -1.97. The van der Waals surface area contributed by atoms with Gasteiger partial charge in [0.05, 0.1) is 6.61 Å². The molecule has 0 aliphatic carbocycles. The molecule has 1 heterocycles. The Morgan fingerprint density at radius 1 is 1.12 bits per heavy atom. The average molecular weight is 237 g/mol. The number of pyridine rings is 1. The van der Waals surface area contributed by atoms with E-state index in [4.69, 9.17) is 9.84 Å². The molecular weight excluding hydrogens is 228 g/mol. The summed E-state index contributed by atoms with van der Waals surface area (Å²) in [4.78, 5) is 3.70. The van der Waals surface area contributed by atoms with Crippen LogP contribution in [-0.4, -0.2) is 10.1 Å². The first-order valence-electron chi connectivity index (χ1n) is 4.88. The van der Waals surface area contributed by atoms with E-state index in [2.05, 4.69) is 4.98 Å². The molecule has 17 heavy (non-hydrogen) atoms. The van der Waals surface area contributed by atoms with Crippen LogP contribution in [0.25, 0.3) is 0 Å². The fraction of sp³-hybridized carbons (Fsp3) is 0.0833. The van der Waals surface area contributed by atoms with Gasteiger partial charge >= 0.3 is 0 Å². The Morgan fingerprint density at radius 2 is 1.82 bits per heavy atom. The third kappa shape index (κ3) is 2.57. The zero-order valence-corrected chi connectivity index (χ0v) is 8.73. The highest BCUT2D eigenvalue weighted by Gasteiger charge is 2.10. The maximum absolute atomic E-state index is 13.6. The van der Waals surface area contributed by atoms with Gasteiger partial charge in [-0.2, -0.15) is 0 Å². The van der Waals surface area contributed by atoms with Crippen LogP contribution < -0.4 is 4.74 Å². The van der Waals surface area contributed by atoms with Crippen molar-refractivity contribution in [1.82, 2.24) is 4.98 Å². The number of aliphatic hydroxyl groups is 1. The van der Waals surface area contributed by atoms with Crippen molar-refractivity contribution in [2.45, 2.75) is 6.61 Å². The number of nitrogens with zero attached hydrogens (tertiary/aromatic N) is 1. The minimum atomic E-state index is -0.723. The van der Waals surface area contributed by atoms with E-state index in [1.165, 1.54) is 36.5 Å². The first-order chi connectivity index (χ1) is 8.20. The lowest BCUT2D eigenvalue weighted by Gasteiger charge is -2.07. The van der Waals surface area contributed by atoms with Crippen LogP contribution in [0.2, 0.25) is 0 Å². The van der Waals surface area contributed by atoms with Crippen molar-refractivity contribution < 1.29 is 18.6 Å². The maximum Gasteiger partial charge on any atom is 0.256 e. The summed E-state index contributed by atoms with van der Waals surface area (Å²) in [6.45, 7) is -0.436. The Bertz CT molecular complexity index is 514. The van der Waals surface area contributed by atoms with Crippen LogP contribution in [0.5, 0.6) is 11.6 Å². The zero-order valence-electron chi connectivity index (χ0n) is 8.73. The quantitative estimate of drug-likeness (QED) is 0.892. The summed E-state index contributed by atoms with van der Waals surface area (Å²) in [7, 11) is 0. The highest BCUT2D eigenvalue weighted by molar-refractivity contribution is 5.30. The van der Waals surface area contributed by atoms with E-state index in [-0.39, 0.29) is 17.2 Å². The molecule has 1 aromatic carbocycles. The summed E-state index contributed by atoms with van der Waals surface area (Å²) in [6, 6.07) is 6.48. The van der Waals surface area contributed by atoms with E-state index in [0.29, 0.717) is 0 Å². The first kappa shape index (κ1) is 11.5. The first-order valence-corrected chi connectivity index (χ1v) is 4.88. The third-order valence-corrected chi connectivity index (χ3v) is 2.14. The molecule has 0 unspecified atom stereocenters. The summed E-state index contributed by atoms with van der Waals surface area (Å²) >= 11 is 0. The van der Waals surface area contributed by atoms with Crippen molar-refractivity contribution in [3.05, 3.63) is 53.7 Å². The second kappa shape index (κ2) is 4.88. The monoisotopic (exact) mass is 237 g/mol. The molecule has 0 saturated carbocycles. The van der Waals surface area contributed by atoms with Gasteiger partial charge in [-0.25, -0.2) is 13.8 Å². The van der Waals surface area contributed by atoms with Crippen molar-refractivity contribution in [3.63, 3.8) is 0 Å². The summed E-state index contributed by atoms with van der Waals surface area (Å²) < 4.78 is 31.4. The van der Waals surface area contributed by atoms with Crippen LogP contribution in [0.1, 0.15) is 5.56 Å². The number of rotatable bonds is 3. The topological polar surface area (TPSA) is 42.4 Å².